The van der Waals surface area contributed by atoms with E-state index in [9.17, 15) is 0 Å². The summed E-state index contributed by atoms with van der Waals surface area (Å²) in [6.07, 6.45) is 1.80. The second-order valence-corrected chi connectivity index (χ2v) is 4.94. The third-order valence-corrected chi connectivity index (χ3v) is 3.57. The van der Waals surface area contributed by atoms with Crippen molar-refractivity contribution in [2.45, 2.75) is 17.6 Å². The molecule has 4 heteroatoms. The lowest BCUT2D eigenvalue weighted by atomic mass is 10.2. The molecule has 1 heterocycles. The number of aryl methyl sites for hydroxylation is 1. The van der Waals surface area contributed by atoms with E-state index in [1.165, 1.54) is 5.56 Å². The fourth-order valence-electron chi connectivity index (χ4n) is 1.48. The Morgan fingerprint density at radius 3 is 2.65 bits per heavy atom. The van der Waals surface area contributed by atoms with Crippen LogP contribution >= 0.6 is 11.8 Å². The van der Waals surface area contributed by atoms with Gasteiger partial charge in [-0.1, -0.05) is 12.1 Å². The van der Waals surface area contributed by atoms with Crippen molar-refractivity contribution in [3.05, 3.63) is 47.7 Å². The first kappa shape index (κ1) is 11.8. The largest absolute Gasteiger partial charge is 0.398 e. The molecule has 88 valence electrons. The summed E-state index contributed by atoms with van der Waals surface area (Å²) in [5, 5.41) is 0. The molecule has 1 aromatic carbocycles. The van der Waals surface area contributed by atoms with Crippen LogP contribution in [-0.2, 0) is 5.75 Å². The minimum atomic E-state index is 0.550. The Morgan fingerprint density at radius 2 is 2.00 bits per heavy atom. The van der Waals surface area contributed by atoms with Gasteiger partial charge in [-0.2, -0.15) is 0 Å². The van der Waals surface area contributed by atoms with Gasteiger partial charge in [0, 0.05) is 22.5 Å². The molecule has 1 aromatic heterocycles. The van der Waals surface area contributed by atoms with Gasteiger partial charge in [0.15, 0.2) is 0 Å². The summed E-state index contributed by atoms with van der Waals surface area (Å²) in [6, 6.07) is 9.91. The van der Waals surface area contributed by atoms with Crippen LogP contribution in [0.25, 0.3) is 0 Å². The number of hydrogen-bond donors (Lipinski definition) is 2. The predicted octanol–water partition coefficient (Wildman–Crippen LogP) is 2.85. The zero-order valence-corrected chi connectivity index (χ0v) is 10.5. The maximum Gasteiger partial charge on any atom is 0.123 e. The van der Waals surface area contributed by atoms with E-state index in [0.717, 1.165) is 21.9 Å². The second kappa shape index (κ2) is 5.10. The smallest absolute Gasteiger partial charge is 0.123 e. The van der Waals surface area contributed by atoms with Crippen molar-refractivity contribution in [2.24, 2.45) is 0 Å². The van der Waals surface area contributed by atoms with E-state index < -0.39 is 0 Å². The van der Waals surface area contributed by atoms with Gasteiger partial charge in [0.2, 0.25) is 0 Å². The highest BCUT2D eigenvalue weighted by Gasteiger charge is 2.01. The normalized spacial score (nSPS) is 10.4. The Kier molecular flexibility index (Phi) is 3.54. The monoisotopic (exact) mass is 245 g/mol. The summed E-state index contributed by atoms with van der Waals surface area (Å²) in [6.45, 7) is 2.04. The van der Waals surface area contributed by atoms with Crippen LogP contribution < -0.4 is 11.5 Å². The number of aromatic nitrogens is 1. The van der Waals surface area contributed by atoms with E-state index in [0.29, 0.717) is 5.82 Å². The van der Waals surface area contributed by atoms with Gasteiger partial charge in [-0.05, 0) is 36.2 Å². The van der Waals surface area contributed by atoms with Gasteiger partial charge in [-0.25, -0.2) is 4.98 Å². The number of pyridine rings is 1. The predicted molar refractivity (Wildman–Crippen MR) is 73.8 cm³/mol. The number of anilines is 2. The highest BCUT2D eigenvalue weighted by atomic mass is 32.2. The molecule has 0 saturated carbocycles. The van der Waals surface area contributed by atoms with E-state index in [2.05, 4.69) is 17.1 Å². The number of nitrogens with two attached hydrogens (primary N) is 2. The fourth-order valence-corrected chi connectivity index (χ4v) is 2.36. The molecule has 2 aromatic rings. The van der Waals surface area contributed by atoms with Gasteiger partial charge in [0.25, 0.3) is 0 Å². The molecule has 0 aliphatic heterocycles. The summed E-state index contributed by atoms with van der Waals surface area (Å²) in [4.78, 5) is 5.17. The number of nitrogen functional groups attached to an aromatic ring is 2. The van der Waals surface area contributed by atoms with Gasteiger partial charge in [0.1, 0.15) is 5.82 Å². The molecule has 4 N–H and O–H groups in total. The number of hydrogen-bond acceptors (Lipinski definition) is 4. The minimum absolute atomic E-state index is 0.550. The maximum atomic E-state index is 5.95. The molecule has 0 radical (unpaired) electrons. The van der Waals surface area contributed by atoms with Crippen LogP contribution in [0.1, 0.15) is 11.1 Å². The van der Waals surface area contributed by atoms with Crippen molar-refractivity contribution < 1.29 is 0 Å². The number of thioether (sulfide) groups is 1. The van der Waals surface area contributed by atoms with E-state index in [4.69, 9.17) is 11.5 Å². The van der Waals surface area contributed by atoms with Crippen molar-refractivity contribution in [1.82, 2.24) is 4.98 Å². The Morgan fingerprint density at radius 1 is 1.18 bits per heavy atom. The molecule has 0 atom stereocenters. The maximum absolute atomic E-state index is 5.95. The Balaban J connectivity index is 2.04. The lowest BCUT2D eigenvalue weighted by Gasteiger charge is -2.06. The average molecular weight is 245 g/mol. The van der Waals surface area contributed by atoms with Crippen molar-refractivity contribution >= 4 is 23.3 Å². The lowest BCUT2D eigenvalue weighted by Crippen LogP contribution is -1.92. The van der Waals surface area contributed by atoms with Gasteiger partial charge in [-0.15, -0.1) is 11.8 Å². The Hall–Kier alpha value is -1.68. The molecule has 0 unspecified atom stereocenters. The van der Waals surface area contributed by atoms with Gasteiger partial charge < -0.3 is 11.5 Å². The highest BCUT2D eigenvalue weighted by Crippen LogP contribution is 2.28. The van der Waals surface area contributed by atoms with Crippen LogP contribution in [0, 0.1) is 6.92 Å². The molecule has 3 nitrogen and oxygen atoms in total. The third-order valence-electron chi connectivity index (χ3n) is 2.41. The zero-order chi connectivity index (χ0) is 12.3. The SMILES string of the molecule is Cc1ccc(SCc2ccc(N)nc2)c(N)c1. The molecular formula is C13H15N3S. The van der Waals surface area contributed by atoms with Crippen LogP contribution in [0.3, 0.4) is 0 Å². The van der Waals surface area contributed by atoms with E-state index in [1.807, 2.05) is 25.1 Å². The molecule has 2 rings (SSSR count). The summed E-state index contributed by atoms with van der Waals surface area (Å²) < 4.78 is 0. The first-order valence-corrected chi connectivity index (χ1v) is 6.33. The molecule has 0 aliphatic rings. The van der Waals surface area contributed by atoms with Crippen molar-refractivity contribution in [3.63, 3.8) is 0 Å². The number of benzene rings is 1. The molecule has 0 aliphatic carbocycles. The van der Waals surface area contributed by atoms with Crippen LogP contribution in [0.5, 0.6) is 0 Å². The van der Waals surface area contributed by atoms with Crippen LogP contribution in [-0.4, -0.2) is 4.98 Å². The molecule has 0 saturated heterocycles. The third kappa shape index (κ3) is 3.14. The first-order valence-electron chi connectivity index (χ1n) is 5.34. The molecule has 17 heavy (non-hydrogen) atoms. The summed E-state index contributed by atoms with van der Waals surface area (Å²) in [7, 11) is 0. The molecular weight excluding hydrogens is 230 g/mol. The topological polar surface area (TPSA) is 64.9 Å². The fraction of sp³-hybridized carbons (Fsp3) is 0.154. The zero-order valence-electron chi connectivity index (χ0n) is 9.68. The van der Waals surface area contributed by atoms with Gasteiger partial charge in [0.05, 0.1) is 0 Å². The average Bonchev–Trinajstić information content (AvgIpc) is 2.30. The molecule has 0 spiro atoms. The van der Waals surface area contributed by atoms with Gasteiger partial charge in [-0.3, -0.25) is 0 Å². The molecule has 0 fully saturated rings. The van der Waals surface area contributed by atoms with E-state index in [1.54, 1.807) is 18.0 Å². The van der Waals surface area contributed by atoms with Crippen LogP contribution in [0.2, 0.25) is 0 Å². The minimum Gasteiger partial charge on any atom is -0.398 e. The summed E-state index contributed by atoms with van der Waals surface area (Å²) in [5.41, 5.74) is 14.6. The van der Waals surface area contributed by atoms with Gasteiger partial charge >= 0.3 is 0 Å². The Labute approximate surface area is 105 Å². The highest BCUT2D eigenvalue weighted by molar-refractivity contribution is 7.98. The lowest BCUT2D eigenvalue weighted by molar-refractivity contribution is 1.25. The number of rotatable bonds is 3. The summed E-state index contributed by atoms with van der Waals surface area (Å²) in [5.74, 6) is 1.40. The van der Waals surface area contributed by atoms with E-state index >= 15 is 0 Å². The van der Waals surface area contributed by atoms with Crippen LogP contribution in [0.4, 0.5) is 11.5 Å². The standard InChI is InChI=1S/C13H15N3S/c1-9-2-4-12(11(14)6-9)17-8-10-3-5-13(15)16-7-10/h2-7H,8,14H2,1H3,(H2,15,16). The first-order chi connectivity index (χ1) is 8.15. The van der Waals surface area contributed by atoms with Crippen molar-refractivity contribution in [2.75, 3.05) is 11.5 Å². The van der Waals surface area contributed by atoms with E-state index in [-0.39, 0.29) is 0 Å². The quantitative estimate of drug-likeness (QED) is 0.644. The van der Waals surface area contributed by atoms with Crippen molar-refractivity contribution in [1.29, 1.82) is 0 Å². The Bertz CT molecular complexity index is 509. The van der Waals surface area contributed by atoms with Crippen molar-refractivity contribution in [3.8, 4) is 0 Å². The second-order valence-electron chi connectivity index (χ2n) is 3.92. The van der Waals surface area contributed by atoms with Crippen LogP contribution in [0.15, 0.2) is 41.4 Å². The molecule has 0 amide bonds. The number of nitrogens with zero attached hydrogens (tertiary/aromatic N) is 1. The molecule has 0 bridgehead atoms. The summed E-state index contributed by atoms with van der Waals surface area (Å²) >= 11 is 1.71.